The van der Waals surface area contributed by atoms with Crippen LogP contribution in [0.15, 0.2) is 70.6 Å². The third-order valence-corrected chi connectivity index (χ3v) is 8.52. The number of esters is 1. The molecule has 12 heteroatoms. The molecule has 0 aromatic heterocycles. The number of hydrogen-bond acceptors (Lipinski definition) is 8. The van der Waals surface area contributed by atoms with Crippen LogP contribution in [0.5, 0.6) is 11.5 Å². The molecule has 1 fully saturated rings. The summed E-state index contributed by atoms with van der Waals surface area (Å²) in [6, 6.07) is 16.2. The summed E-state index contributed by atoms with van der Waals surface area (Å²) < 4.78 is 43.0. The zero-order chi connectivity index (χ0) is 28.2. The van der Waals surface area contributed by atoms with E-state index in [0.717, 1.165) is 23.1 Å². The van der Waals surface area contributed by atoms with Gasteiger partial charge in [-0.1, -0.05) is 53.5 Å². The molecular weight excluding hydrogens is 565 g/mol. The van der Waals surface area contributed by atoms with E-state index in [9.17, 15) is 13.2 Å². The van der Waals surface area contributed by atoms with Gasteiger partial charge in [-0.2, -0.15) is 4.31 Å². The lowest BCUT2D eigenvalue weighted by molar-refractivity contribution is -0.136. The first kappa shape index (κ1) is 28.8. The molecule has 206 valence electrons. The number of ether oxygens (including phenoxy) is 3. The highest BCUT2D eigenvalue weighted by Crippen LogP contribution is 2.38. The second-order valence-corrected chi connectivity index (χ2v) is 11.5. The van der Waals surface area contributed by atoms with Crippen molar-refractivity contribution in [1.82, 2.24) is 4.31 Å². The van der Waals surface area contributed by atoms with Crippen molar-refractivity contribution < 1.29 is 27.4 Å². The molecule has 4 rings (SSSR count). The Morgan fingerprint density at radius 3 is 2.23 bits per heavy atom. The summed E-state index contributed by atoms with van der Waals surface area (Å²) >= 11 is 11.9. The minimum atomic E-state index is -3.87. The highest BCUT2D eigenvalue weighted by molar-refractivity contribution is 7.89. The van der Waals surface area contributed by atoms with Crippen LogP contribution in [0, 0.1) is 0 Å². The predicted octanol–water partition coefficient (Wildman–Crippen LogP) is 4.54. The van der Waals surface area contributed by atoms with Crippen molar-refractivity contribution in [1.29, 1.82) is 0 Å². The summed E-state index contributed by atoms with van der Waals surface area (Å²) in [6.45, 7) is 0.263. The molecular formula is C27H27Cl2N3O6S. The Balaban J connectivity index is 1.35. The van der Waals surface area contributed by atoms with Crippen LogP contribution in [0.4, 0.5) is 0 Å². The minimum absolute atomic E-state index is 0.0333. The maximum absolute atomic E-state index is 12.9. The van der Waals surface area contributed by atoms with E-state index >= 15 is 0 Å². The second kappa shape index (κ2) is 12.4. The molecule has 3 aromatic carbocycles. The summed E-state index contributed by atoms with van der Waals surface area (Å²) in [5, 5.41) is 0.414. The van der Waals surface area contributed by atoms with Gasteiger partial charge in [0.05, 0.1) is 24.7 Å². The number of halogens is 2. The fourth-order valence-corrected chi connectivity index (χ4v) is 6.42. The molecule has 0 spiro atoms. The van der Waals surface area contributed by atoms with E-state index in [4.69, 9.17) is 43.1 Å². The summed E-state index contributed by atoms with van der Waals surface area (Å²) in [4.78, 5) is 16.5. The number of carbonyl (C=O) groups excluding carboxylic acids is 1. The summed E-state index contributed by atoms with van der Waals surface area (Å²) in [6.07, 6.45) is 0.930. The first-order valence-electron chi connectivity index (χ1n) is 11.9. The maximum atomic E-state index is 12.9. The molecule has 0 saturated carbocycles. The Hall–Kier alpha value is -3.15. The molecule has 1 heterocycles. The van der Waals surface area contributed by atoms with E-state index in [2.05, 4.69) is 4.99 Å². The minimum Gasteiger partial charge on any atom is -0.496 e. The van der Waals surface area contributed by atoms with Crippen molar-refractivity contribution in [2.45, 2.75) is 29.9 Å². The molecule has 2 atom stereocenters. The number of nitrogens with two attached hydrogens (primary N) is 1. The molecule has 1 unspecified atom stereocenters. The fourth-order valence-electron chi connectivity index (χ4n) is 4.11. The Morgan fingerprint density at radius 1 is 1.08 bits per heavy atom. The summed E-state index contributed by atoms with van der Waals surface area (Å²) in [7, 11) is -0.678. The largest absolute Gasteiger partial charge is 0.496 e. The van der Waals surface area contributed by atoms with Gasteiger partial charge >= 0.3 is 5.97 Å². The number of aliphatic imine (C=N–C) groups is 1. The quantitative estimate of drug-likeness (QED) is 0.209. The van der Waals surface area contributed by atoms with Gasteiger partial charge in [0, 0.05) is 16.6 Å². The van der Waals surface area contributed by atoms with Gasteiger partial charge in [-0.25, -0.2) is 18.2 Å². The van der Waals surface area contributed by atoms with Crippen LogP contribution in [0.25, 0.3) is 11.1 Å². The van der Waals surface area contributed by atoms with Crippen LogP contribution in [0.1, 0.15) is 12.0 Å². The highest BCUT2D eigenvalue weighted by Gasteiger charge is 2.38. The molecule has 0 aliphatic carbocycles. The van der Waals surface area contributed by atoms with Gasteiger partial charge in [-0.3, -0.25) is 0 Å². The van der Waals surface area contributed by atoms with Gasteiger partial charge in [0.1, 0.15) is 23.7 Å². The molecule has 39 heavy (non-hydrogen) atoms. The first-order valence-corrected chi connectivity index (χ1v) is 14.1. The number of carbonyl (C=O) groups is 1. The van der Waals surface area contributed by atoms with Crippen LogP contribution < -0.4 is 15.2 Å². The van der Waals surface area contributed by atoms with Crippen molar-refractivity contribution in [3.8, 4) is 22.6 Å². The number of rotatable bonds is 10. The van der Waals surface area contributed by atoms with E-state index in [1.54, 1.807) is 14.2 Å². The highest BCUT2D eigenvalue weighted by atomic mass is 35.5. The zero-order valence-corrected chi connectivity index (χ0v) is 23.5. The van der Waals surface area contributed by atoms with Crippen molar-refractivity contribution >= 4 is 45.6 Å². The number of hydrogen-bond donors (Lipinski definition) is 1. The molecule has 1 aliphatic rings. The lowest BCUT2D eigenvalue weighted by Crippen LogP contribution is -2.50. The van der Waals surface area contributed by atoms with Crippen LogP contribution >= 0.6 is 23.2 Å². The van der Waals surface area contributed by atoms with E-state index in [1.807, 2.05) is 42.5 Å². The van der Waals surface area contributed by atoms with Crippen molar-refractivity contribution in [2.75, 3.05) is 20.8 Å². The third-order valence-electron chi connectivity index (χ3n) is 6.21. The van der Waals surface area contributed by atoms with Crippen LogP contribution in [0.2, 0.25) is 10.0 Å². The smallest absolute Gasteiger partial charge is 0.329 e. The molecule has 0 amide bonds. The fraction of sp³-hybridized carbons (Fsp3) is 0.259. The van der Waals surface area contributed by atoms with E-state index < -0.39 is 28.2 Å². The second-order valence-electron chi connectivity index (χ2n) is 8.73. The number of methoxy groups -OCH3 is 2. The van der Waals surface area contributed by atoms with Crippen LogP contribution in [0.3, 0.4) is 0 Å². The van der Waals surface area contributed by atoms with E-state index in [1.165, 1.54) is 22.5 Å². The molecule has 2 N–H and O–H groups in total. The lowest BCUT2D eigenvalue weighted by atomic mass is 9.99. The molecule has 1 saturated heterocycles. The van der Waals surface area contributed by atoms with Crippen LogP contribution in [-0.4, -0.2) is 58.1 Å². The molecule has 0 radical (unpaired) electrons. The van der Waals surface area contributed by atoms with Gasteiger partial charge < -0.3 is 19.9 Å². The Kier molecular flexibility index (Phi) is 9.14. The monoisotopic (exact) mass is 591 g/mol. The molecule has 3 aromatic rings. The molecule has 0 bridgehead atoms. The SMILES string of the molecule is COc1cccc(OC)c1-c1ccc(C[C@H](N)C(=O)OC=NC2CCN2S(=O)(=O)c2cc(Cl)cc(Cl)c2)cc1. The Morgan fingerprint density at radius 2 is 1.69 bits per heavy atom. The molecule has 1 aliphatic heterocycles. The van der Waals surface area contributed by atoms with Gasteiger partial charge in [-0.05, 0) is 54.3 Å². The molecule has 9 nitrogen and oxygen atoms in total. The van der Waals surface area contributed by atoms with Gasteiger partial charge in [0.15, 0.2) is 6.40 Å². The van der Waals surface area contributed by atoms with Crippen LogP contribution in [-0.2, 0) is 26.0 Å². The number of benzene rings is 3. The number of nitrogens with zero attached hydrogens (tertiary/aromatic N) is 2. The first-order chi connectivity index (χ1) is 18.6. The predicted molar refractivity (Wildman–Crippen MR) is 150 cm³/mol. The zero-order valence-electron chi connectivity index (χ0n) is 21.2. The van der Waals surface area contributed by atoms with Crippen molar-refractivity contribution in [2.24, 2.45) is 10.7 Å². The van der Waals surface area contributed by atoms with Gasteiger partial charge in [0.25, 0.3) is 0 Å². The van der Waals surface area contributed by atoms with Gasteiger partial charge in [-0.15, -0.1) is 0 Å². The third kappa shape index (κ3) is 6.54. The maximum Gasteiger partial charge on any atom is 0.329 e. The van der Waals surface area contributed by atoms with E-state index in [-0.39, 0.29) is 27.9 Å². The van der Waals surface area contributed by atoms with Crippen molar-refractivity contribution in [3.05, 3.63) is 76.3 Å². The van der Waals surface area contributed by atoms with E-state index in [0.29, 0.717) is 17.9 Å². The normalized spacial score (nSPS) is 16.5. The summed E-state index contributed by atoms with van der Waals surface area (Å²) in [5.74, 6) is 0.663. The van der Waals surface area contributed by atoms with Crippen molar-refractivity contribution in [3.63, 3.8) is 0 Å². The standard InChI is InChI=1S/C27H27Cl2N3O6S/c1-36-23-4-3-5-24(37-2)26(23)18-8-6-17(7-9-18)12-22(30)27(33)38-16-31-25-10-11-32(25)39(34,35)21-14-19(28)13-20(29)15-21/h3-9,13-16,22,25H,10-12,30H2,1-2H3/t22-,25?/m0/s1. The Bertz CT molecular complexity index is 1440. The topological polar surface area (TPSA) is 121 Å². The lowest BCUT2D eigenvalue weighted by Gasteiger charge is -2.36. The average molecular weight is 593 g/mol. The summed E-state index contributed by atoms with van der Waals surface area (Å²) in [5.41, 5.74) is 8.58. The Labute approximate surface area is 237 Å². The average Bonchev–Trinajstić information content (AvgIpc) is 2.89. The number of sulfonamides is 1. The van der Waals surface area contributed by atoms with Gasteiger partial charge in [0.2, 0.25) is 10.0 Å².